The zero-order chi connectivity index (χ0) is 15.4. The predicted octanol–water partition coefficient (Wildman–Crippen LogP) is 0.823. The van der Waals surface area contributed by atoms with E-state index in [1.807, 2.05) is 0 Å². The summed E-state index contributed by atoms with van der Waals surface area (Å²) in [6, 6.07) is 5.64. The molecule has 1 fully saturated rings. The molecule has 114 valence electrons. The van der Waals surface area contributed by atoms with Gasteiger partial charge < -0.3 is 10.6 Å². The normalized spacial score (nSPS) is 15.6. The van der Waals surface area contributed by atoms with Gasteiger partial charge in [-0.1, -0.05) is 18.2 Å². The molecule has 6 heteroatoms. The van der Waals surface area contributed by atoms with E-state index in [-0.39, 0.29) is 18.5 Å². The van der Waals surface area contributed by atoms with Crippen LogP contribution in [0.5, 0.6) is 0 Å². The lowest BCUT2D eigenvalue weighted by atomic mass is 10.0. The summed E-state index contributed by atoms with van der Waals surface area (Å²) in [6.45, 7) is -0.0892. The lowest BCUT2D eigenvalue weighted by Gasteiger charge is -2.24. The molecule has 1 aromatic rings. The first kappa shape index (κ1) is 15.4. The van der Waals surface area contributed by atoms with Gasteiger partial charge in [-0.2, -0.15) is 0 Å². The molecular weight excluding hydrogens is 273 g/mol. The number of halogens is 1. The van der Waals surface area contributed by atoms with Crippen LogP contribution in [0.3, 0.4) is 0 Å². The van der Waals surface area contributed by atoms with Crippen molar-refractivity contribution >= 4 is 11.8 Å². The van der Waals surface area contributed by atoms with Crippen molar-refractivity contribution in [2.45, 2.75) is 24.9 Å². The molecule has 0 heterocycles. The number of nitrogens with one attached hydrogen (secondary N) is 2. The van der Waals surface area contributed by atoms with Gasteiger partial charge in [-0.3, -0.25) is 14.5 Å². The molecule has 1 saturated carbocycles. The fourth-order valence-corrected chi connectivity index (χ4v) is 2.12. The van der Waals surface area contributed by atoms with Gasteiger partial charge in [0.05, 0.1) is 6.54 Å². The average molecular weight is 293 g/mol. The second-order valence-corrected chi connectivity index (χ2v) is 5.45. The average Bonchev–Trinajstić information content (AvgIpc) is 3.22. The van der Waals surface area contributed by atoms with Crippen LogP contribution in [0, 0.1) is 5.82 Å². The third-order valence-electron chi connectivity index (χ3n) is 3.33. The maximum atomic E-state index is 13.9. The van der Waals surface area contributed by atoms with Crippen molar-refractivity contribution < 1.29 is 14.0 Å². The van der Waals surface area contributed by atoms with Crippen molar-refractivity contribution in [3.8, 4) is 0 Å². The van der Waals surface area contributed by atoms with Crippen molar-refractivity contribution in [1.29, 1.82) is 0 Å². The number of carbonyl (C=O) groups is 2. The van der Waals surface area contributed by atoms with Gasteiger partial charge in [0.15, 0.2) is 0 Å². The van der Waals surface area contributed by atoms with Crippen LogP contribution in [-0.2, 0) is 9.59 Å². The smallest absolute Gasteiger partial charge is 0.242 e. The molecular formula is C15H20FN3O2. The summed E-state index contributed by atoms with van der Waals surface area (Å²) in [4.78, 5) is 25.4. The van der Waals surface area contributed by atoms with Crippen molar-refractivity contribution in [3.05, 3.63) is 35.6 Å². The Morgan fingerprint density at radius 1 is 1.33 bits per heavy atom. The minimum Gasteiger partial charge on any atom is -0.352 e. The number of rotatable bonds is 6. The number of carbonyl (C=O) groups excluding carboxylic acids is 2. The molecule has 1 aliphatic rings. The summed E-state index contributed by atoms with van der Waals surface area (Å²) < 4.78 is 13.9. The third-order valence-corrected chi connectivity index (χ3v) is 3.33. The molecule has 1 atom stereocenters. The van der Waals surface area contributed by atoms with Gasteiger partial charge >= 0.3 is 0 Å². The lowest BCUT2D eigenvalue weighted by molar-refractivity contribution is -0.129. The second-order valence-electron chi connectivity index (χ2n) is 5.45. The molecule has 21 heavy (non-hydrogen) atoms. The Morgan fingerprint density at radius 2 is 2.00 bits per heavy atom. The second kappa shape index (κ2) is 6.67. The molecule has 2 rings (SSSR count). The zero-order valence-electron chi connectivity index (χ0n) is 12.2. The van der Waals surface area contributed by atoms with Crippen molar-refractivity contribution in [2.75, 3.05) is 20.6 Å². The Balaban J connectivity index is 1.99. The highest BCUT2D eigenvalue weighted by Gasteiger charge is 2.27. The van der Waals surface area contributed by atoms with E-state index in [1.165, 1.54) is 6.07 Å². The van der Waals surface area contributed by atoms with Crippen LogP contribution < -0.4 is 10.6 Å². The van der Waals surface area contributed by atoms with Gasteiger partial charge in [0.1, 0.15) is 11.9 Å². The van der Waals surface area contributed by atoms with Crippen LogP contribution in [-0.4, -0.2) is 43.4 Å². The van der Waals surface area contributed by atoms with E-state index in [9.17, 15) is 14.0 Å². The number of likely N-dealkylation sites (N-methyl/N-ethyl adjacent to an activating group) is 1. The lowest BCUT2D eigenvalue weighted by Crippen LogP contribution is -2.43. The van der Waals surface area contributed by atoms with Crippen LogP contribution in [0.2, 0.25) is 0 Å². The van der Waals surface area contributed by atoms with E-state index >= 15 is 0 Å². The number of hydrogen-bond donors (Lipinski definition) is 2. The fourth-order valence-electron chi connectivity index (χ4n) is 2.12. The maximum absolute atomic E-state index is 13.9. The van der Waals surface area contributed by atoms with E-state index in [2.05, 4.69) is 10.6 Å². The standard InChI is InChI=1S/C15H20FN3O2/c1-19(2)14(11-5-3-4-6-12(11)16)15(21)17-9-13(20)18-10-7-8-10/h3-6,10,14H,7-9H2,1-2H3,(H,17,21)(H,18,20)/t14-/m0/s1. The van der Waals surface area contributed by atoms with Crippen molar-refractivity contribution in [2.24, 2.45) is 0 Å². The summed E-state index contributed by atoms with van der Waals surface area (Å²) >= 11 is 0. The Kier molecular flexibility index (Phi) is 4.90. The fraction of sp³-hybridized carbons (Fsp3) is 0.467. The Bertz CT molecular complexity index is 529. The molecule has 2 amide bonds. The van der Waals surface area contributed by atoms with Crippen LogP contribution >= 0.6 is 0 Å². The van der Waals surface area contributed by atoms with Crippen LogP contribution in [0.15, 0.2) is 24.3 Å². The summed E-state index contributed by atoms with van der Waals surface area (Å²) in [5.41, 5.74) is 0.294. The summed E-state index contributed by atoms with van der Waals surface area (Å²) in [7, 11) is 3.39. The third kappa shape index (κ3) is 4.26. The monoisotopic (exact) mass is 293 g/mol. The number of benzene rings is 1. The molecule has 0 unspecified atom stereocenters. The summed E-state index contributed by atoms with van der Waals surface area (Å²) in [6.07, 6.45) is 1.99. The number of amides is 2. The molecule has 0 saturated heterocycles. The first-order valence-electron chi connectivity index (χ1n) is 6.97. The Labute approximate surface area is 123 Å². The van der Waals surface area contributed by atoms with Gasteiger partial charge in [-0.15, -0.1) is 0 Å². The van der Waals surface area contributed by atoms with Gasteiger partial charge in [-0.05, 0) is 33.0 Å². The first-order chi connectivity index (χ1) is 9.99. The largest absolute Gasteiger partial charge is 0.352 e. The minimum atomic E-state index is -0.764. The number of nitrogens with zero attached hydrogens (tertiary/aromatic N) is 1. The Hall–Kier alpha value is -1.95. The number of hydrogen-bond acceptors (Lipinski definition) is 3. The Morgan fingerprint density at radius 3 is 2.57 bits per heavy atom. The van der Waals surface area contributed by atoms with E-state index in [0.29, 0.717) is 5.56 Å². The van der Waals surface area contributed by atoms with Crippen LogP contribution in [0.4, 0.5) is 4.39 Å². The topological polar surface area (TPSA) is 61.4 Å². The van der Waals surface area contributed by atoms with E-state index in [4.69, 9.17) is 0 Å². The van der Waals surface area contributed by atoms with Crippen LogP contribution in [0.25, 0.3) is 0 Å². The summed E-state index contributed by atoms with van der Waals surface area (Å²) in [5.74, 6) is -1.04. The van der Waals surface area contributed by atoms with Crippen molar-refractivity contribution in [3.63, 3.8) is 0 Å². The molecule has 1 aliphatic carbocycles. The van der Waals surface area contributed by atoms with Gasteiger partial charge in [0.25, 0.3) is 0 Å². The van der Waals surface area contributed by atoms with Gasteiger partial charge in [-0.25, -0.2) is 4.39 Å². The molecule has 1 aromatic carbocycles. The van der Waals surface area contributed by atoms with E-state index < -0.39 is 17.8 Å². The van der Waals surface area contributed by atoms with Gasteiger partial charge in [0, 0.05) is 11.6 Å². The highest BCUT2D eigenvalue weighted by molar-refractivity contribution is 5.88. The molecule has 5 nitrogen and oxygen atoms in total. The van der Waals surface area contributed by atoms with E-state index in [0.717, 1.165) is 12.8 Å². The highest BCUT2D eigenvalue weighted by atomic mass is 19.1. The molecule has 0 radical (unpaired) electrons. The van der Waals surface area contributed by atoms with E-state index in [1.54, 1.807) is 37.2 Å². The summed E-state index contributed by atoms with van der Waals surface area (Å²) in [5, 5.41) is 5.35. The molecule has 0 spiro atoms. The molecule has 0 aromatic heterocycles. The van der Waals surface area contributed by atoms with Crippen molar-refractivity contribution in [1.82, 2.24) is 15.5 Å². The maximum Gasteiger partial charge on any atom is 0.242 e. The molecule has 2 N–H and O–H groups in total. The first-order valence-corrected chi connectivity index (χ1v) is 6.97. The minimum absolute atomic E-state index is 0.0892. The molecule has 0 aliphatic heterocycles. The highest BCUT2D eigenvalue weighted by Crippen LogP contribution is 2.21. The SMILES string of the molecule is CN(C)[C@H](C(=O)NCC(=O)NC1CC1)c1ccccc1F. The van der Waals surface area contributed by atoms with Gasteiger partial charge in [0.2, 0.25) is 11.8 Å². The van der Waals surface area contributed by atoms with Crippen LogP contribution in [0.1, 0.15) is 24.4 Å². The predicted molar refractivity (Wildman–Crippen MR) is 77.0 cm³/mol. The quantitative estimate of drug-likeness (QED) is 0.816. The zero-order valence-corrected chi connectivity index (χ0v) is 12.2. The molecule has 0 bridgehead atoms.